The van der Waals surface area contributed by atoms with Crippen LogP contribution in [0.1, 0.15) is 23.3 Å². The molecule has 1 amide bonds. The van der Waals surface area contributed by atoms with Crippen LogP contribution >= 0.6 is 0 Å². The first-order valence-corrected chi connectivity index (χ1v) is 8.85. The largest absolute Gasteiger partial charge is 0.347 e. The molecule has 1 fully saturated rings. The molecule has 26 heavy (non-hydrogen) atoms. The summed E-state index contributed by atoms with van der Waals surface area (Å²) < 4.78 is 0. The van der Waals surface area contributed by atoms with Crippen molar-refractivity contribution in [3.8, 4) is 11.1 Å². The highest BCUT2D eigenvalue weighted by molar-refractivity contribution is 6.01. The molecule has 1 saturated heterocycles. The highest BCUT2D eigenvalue weighted by atomic mass is 16.1. The van der Waals surface area contributed by atoms with E-state index in [0.29, 0.717) is 5.69 Å². The third kappa shape index (κ3) is 3.41. The fourth-order valence-electron chi connectivity index (χ4n) is 3.50. The van der Waals surface area contributed by atoms with Crippen LogP contribution in [0.25, 0.3) is 22.0 Å². The fourth-order valence-corrected chi connectivity index (χ4v) is 3.50. The molecule has 0 spiro atoms. The Morgan fingerprint density at radius 3 is 2.81 bits per heavy atom. The zero-order valence-corrected chi connectivity index (χ0v) is 14.7. The summed E-state index contributed by atoms with van der Waals surface area (Å²) in [7, 11) is 2.08. The minimum Gasteiger partial charge on any atom is -0.347 e. The Morgan fingerprint density at radius 1 is 1.19 bits per heavy atom. The number of amides is 1. The first-order valence-electron chi connectivity index (χ1n) is 8.85. The SMILES string of the molecule is CN1CCC[C@H](NC(=O)c2cc(-c3ccncc3)c3cnccc3n2)C1. The van der Waals surface area contributed by atoms with E-state index in [1.54, 1.807) is 24.8 Å². The van der Waals surface area contributed by atoms with Crippen molar-refractivity contribution in [2.24, 2.45) is 0 Å². The summed E-state index contributed by atoms with van der Waals surface area (Å²) in [5.74, 6) is -0.126. The number of likely N-dealkylation sites (tertiary alicyclic amines) is 1. The van der Waals surface area contributed by atoms with E-state index in [1.165, 1.54) is 0 Å². The molecule has 1 atom stereocenters. The molecule has 3 aromatic heterocycles. The summed E-state index contributed by atoms with van der Waals surface area (Å²) in [6.07, 6.45) is 9.08. The van der Waals surface area contributed by atoms with E-state index in [0.717, 1.165) is 48.0 Å². The topological polar surface area (TPSA) is 71.0 Å². The van der Waals surface area contributed by atoms with Crippen LogP contribution in [0.3, 0.4) is 0 Å². The molecule has 1 aliphatic rings. The Kier molecular flexibility index (Phi) is 4.58. The van der Waals surface area contributed by atoms with Crippen LogP contribution in [0.2, 0.25) is 0 Å². The van der Waals surface area contributed by atoms with Crippen LogP contribution < -0.4 is 5.32 Å². The molecular weight excluding hydrogens is 326 g/mol. The zero-order chi connectivity index (χ0) is 17.9. The Labute approximate surface area is 152 Å². The smallest absolute Gasteiger partial charge is 0.270 e. The number of aromatic nitrogens is 3. The van der Waals surface area contributed by atoms with Crippen molar-refractivity contribution in [2.45, 2.75) is 18.9 Å². The van der Waals surface area contributed by atoms with E-state index in [-0.39, 0.29) is 11.9 Å². The van der Waals surface area contributed by atoms with Crippen molar-refractivity contribution in [2.75, 3.05) is 20.1 Å². The van der Waals surface area contributed by atoms with Crippen LogP contribution in [-0.4, -0.2) is 51.9 Å². The van der Waals surface area contributed by atoms with Gasteiger partial charge in [0, 0.05) is 42.8 Å². The number of likely N-dealkylation sites (N-methyl/N-ethyl adjacent to an activating group) is 1. The fraction of sp³-hybridized carbons (Fsp3) is 0.300. The maximum Gasteiger partial charge on any atom is 0.270 e. The molecule has 0 bridgehead atoms. The highest BCUT2D eigenvalue weighted by Crippen LogP contribution is 2.27. The summed E-state index contributed by atoms with van der Waals surface area (Å²) in [4.78, 5) is 27.9. The van der Waals surface area contributed by atoms with Gasteiger partial charge in [-0.25, -0.2) is 4.98 Å². The number of carbonyl (C=O) groups is 1. The molecule has 0 unspecified atom stereocenters. The second-order valence-corrected chi connectivity index (χ2v) is 6.76. The van der Waals surface area contributed by atoms with E-state index >= 15 is 0 Å². The summed E-state index contributed by atoms with van der Waals surface area (Å²) in [6.45, 7) is 1.96. The molecule has 1 N–H and O–H groups in total. The molecule has 6 nitrogen and oxygen atoms in total. The van der Waals surface area contributed by atoms with Crippen LogP contribution in [0.5, 0.6) is 0 Å². The van der Waals surface area contributed by atoms with Gasteiger partial charge < -0.3 is 10.2 Å². The summed E-state index contributed by atoms with van der Waals surface area (Å²) in [5, 5.41) is 4.06. The Hall–Kier alpha value is -2.86. The number of fused-ring (bicyclic) bond motifs is 1. The van der Waals surface area contributed by atoms with Gasteiger partial charge in [-0.2, -0.15) is 0 Å². The normalized spacial score (nSPS) is 18.0. The molecule has 4 heterocycles. The quantitative estimate of drug-likeness (QED) is 0.788. The second kappa shape index (κ2) is 7.17. The van der Waals surface area contributed by atoms with Gasteiger partial charge in [0.1, 0.15) is 5.69 Å². The van der Waals surface area contributed by atoms with Gasteiger partial charge in [0.05, 0.1) is 5.52 Å². The first kappa shape index (κ1) is 16.6. The maximum atomic E-state index is 12.8. The third-order valence-electron chi connectivity index (χ3n) is 4.79. The van der Waals surface area contributed by atoms with E-state index < -0.39 is 0 Å². The molecule has 0 saturated carbocycles. The number of nitrogens with one attached hydrogen (secondary N) is 1. The Bertz CT molecular complexity index is 928. The number of hydrogen-bond acceptors (Lipinski definition) is 5. The lowest BCUT2D eigenvalue weighted by molar-refractivity contribution is 0.0908. The van der Waals surface area contributed by atoms with Crippen molar-refractivity contribution in [3.05, 3.63) is 54.7 Å². The van der Waals surface area contributed by atoms with Gasteiger partial charge in [-0.15, -0.1) is 0 Å². The third-order valence-corrected chi connectivity index (χ3v) is 4.79. The van der Waals surface area contributed by atoms with Crippen molar-refractivity contribution in [3.63, 3.8) is 0 Å². The lowest BCUT2D eigenvalue weighted by Crippen LogP contribution is -2.46. The Morgan fingerprint density at radius 2 is 2.00 bits per heavy atom. The van der Waals surface area contributed by atoms with Crippen LogP contribution in [0.15, 0.2) is 49.1 Å². The second-order valence-electron chi connectivity index (χ2n) is 6.76. The monoisotopic (exact) mass is 347 g/mol. The number of carbonyl (C=O) groups excluding carboxylic acids is 1. The van der Waals surface area contributed by atoms with E-state index in [4.69, 9.17) is 0 Å². The summed E-state index contributed by atoms with van der Waals surface area (Å²) in [6, 6.07) is 7.71. The molecule has 1 aliphatic heterocycles. The molecule has 4 rings (SSSR count). The van der Waals surface area contributed by atoms with Gasteiger partial charge in [0.2, 0.25) is 0 Å². The van der Waals surface area contributed by atoms with Crippen molar-refractivity contribution < 1.29 is 4.79 Å². The molecule has 132 valence electrons. The molecule has 6 heteroatoms. The number of hydrogen-bond donors (Lipinski definition) is 1. The zero-order valence-electron chi connectivity index (χ0n) is 14.7. The molecule has 0 radical (unpaired) electrons. The van der Waals surface area contributed by atoms with Gasteiger partial charge in [-0.3, -0.25) is 14.8 Å². The number of piperidine rings is 1. The van der Waals surface area contributed by atoms with Crippen LogP contribution in [-0.2, 0) is 0 Å². The predicted molar refractivity (Wildman–Crippen MR) is 101 cm³/mol. The first-order chi connectivity index (χ1) is 12.7. The van der Waals surface area contributed by atoms with Crippen molar-refractivity contribution >= 4 is 16.8 Å². The predicted octanol–water partition coefficient (Wildman–Crippen LogP) is 2.52. The van der Waals surface area contributed by atoms with Gasteiger partial charge >= 0.3 is 0 Å². The summed E-state index contributed by atoms with van der Waals surface area (Å²) in [5.41, 5.74) is 3.13. The van der Waals surface area contributed by atoms with E-state index in [1.807, 2.05) is 24.3 Å². The van der Waals surface area contributed by atoms with Crippen molar-refractivity contribution in [1.29, 1.82) is 0 Å². The lowest BCUT2D eigenvalue weighted by Gasteiger charge is -2.30. The Balaban J connectivity index is 1.70. The molecular formula is C20H21N5O. The van der Waals surface area contributed by atoms with E-state index in [9.17, 15) is 4.79 Å². The van der Waals surface area contributed by atoms with Gasteiger partial charge in [0.25, 0.3) is 5.91 Å². The standard InChI is InChI=1S/C20H21N5O/c1-25-10-2-3-15(13-25)23-20(26)19-11-16(14-4-7-21-8-5-14)17-12-22-9-6-18(17)24-19/h4-9,11-12,15H,2-3,10,13H2,1H3,(H,23,26)/t15-/m0/s1. The van der Waals surface area contributed by atoms with E-state index in [2.05, 4.69) is 32.2 Å². The van der Waals surface area contributed by atoms with Crippen LogP contribution in [0, 0.1) is 0 Å². The average molecular weight is 347 g/mol. The minimum atomic E-state index is -0.126. The highest BCUT2D eigenvalue weighted by Gasteiger charge is 2.21. The lowest BCUT2D eigenvalue weighted by atomic mass is 10.0. The van der Waals surface area contributed by atoms with Crippen molar-refractivity contribution in [1.82, 2.24) is 25.2 Å². The molecule has 0 aliphatic carbocycles. The van der Waals surface area contributed by atoms with Crippen LogP contribution in [0.4, 0.5) is 0 Å². The van der Waals surface area contributed by atoms with Gasteiger partial charge in [0.15, 0.2) is 0 Å². The maximum absolute atomic E-state index is 12.8. The van der Waals surface area contributed by atoms with Gasteiger partial charge in [-0.05, 0) is 61.8 Å². The molecule has 3 aromatic rings. The number of pyridine rings is 3. The number of rotatable bonds is 3. The van der Waals surface area contributed by atoms with Gasteiger partial charge in [-0.1, -0.05) is 0 Å². The number of nitrogens with zero attached hydrogens (tertiary/aromatic N) is 4. The minimum absolute atomic E-state index is 0.126. The molecule has 0 aromatic carbocycles. The average Bonchev–Trinajstić information content (AvgIpc) is 2.68. The summed E-state index contributed by atoms with van der Waals surface area (Å²) >= 11 is 0.